The fourth-order valence-corrected chi connectivity index (χ4v) is 3.28. The monoisotopic (exact) mass is 511 g/mol. The van der Waals surface area contributed by atoms with Gasteiger partial charge in [-0.3, -0.25) is 0 Å². The summed E-state index contributed by atoms with van der Waals surface area (Å²) < 4.78 is 7.76. The number of carboxylic acid groups (broad SMARTS) is 1. The van der Waals surface area contributed by atoms with Gasteiger partial charge in [0.15, 0.2) is 0 Å². The van der Waals surface area contributed by atoms with Crippen LogP contribution >= 0.6 is 31.9 Å². The summed E-state index contributed by atoms with van der Waals surface area (Å²) in [4.78, 5) is 11.0. The number of carbonyl (C=O) groups is 1. The lowest BCUT2D eigenvalue weighted by molar-refractivity contribution is 0.0697. The van der Waals surface area contributed by atoms with Gasteiger partial charge in [-0.25, -0.2) is 4.79 Å². The Morgan fingerprint density at radius 2 is 1.59 bits per heavy atom. The van der Waals surface area contributed by atoms with Crippen LogP contribution in [0, 0.1) is 11.3 Å². The lowest BCUT2D eigenvalue weighted by Gasteiger charge is -2.11. The Labute approximate surface area is 185 Å². The number of hydrogen-bond acceptors (Lipinski definition) is 3. The molecule has 0 unspecified atom stereocenters. The van der Waals surface area contributed by atoms with Crippen molar-refractivity contribution in [1.29, 1.82) is 5.26 Å². The number of hydrogen-bond donors (Lipinski definition) is 1. The summed E-state index contributed by atoms with van der Waals surface area (Å²) in [5, 5.41) is 18.6. The zero-order valence-electron chi connectivity index (χ0n) is 15.1. The molecule has 3 aromatic rings. The van der Waals surface area contributed by atoms with Crippen molar-refractivity contribution in [2.24, 2.45) is 0 Å². The Kier molecular flexibility index (Phi) is 6.86. The standard InChI is InChI=1S/C23H15Br2NO3/c24-20-7-5-16(6-8-20)19(13-26)11-18-12-21(25)9-10-22(18)29-14-15-1-3-17(4-2-15)23(27)28/h1-12H,14H2,(H,27,28)/b19-11+. The van der Waals surface area contributed by atoms with Crippen LogP contribution in [0.1, 0.15) is 27.0 Å². The van der Waals surface area contributed by atoms with Gasteiger partial charge in [0.25, 0.3) is 0 Å². The third-order valence-electron chi connectivity index (χ3n) is 4.14. The summed E-state index contributed by atoms with van der Waals surface area (Å²) >= 11 is 6.86. The molecule has 29 heavy (non-hydrogen) atoms. The number of carboxylic acids is 1. The highest BCUT2D eigenvalue weighted by molar-refractivity contribution is 9.10. The van der Waals surface area contributed by atoms with E-state index >= 15 is 0 Å². The van der Waals surface area contributed by atoms with Crippen LogP contribution < -0.4 is 4.74 Å². The molecule has 3 aromatic carbocycles. The van der Waals surface area contributed by atoms with Crippen molar-refractivity contribution in [3.8, 4) is 11.8 Å². The van der Waals surface area contributed by atoms with E-state index in [2.05, 4.69) is 37.9 Å². The van der Waals surface area contributed by atoms with Gasteiger partial charge in [0.1, 0.15) is 12.4 Å². The topological polar surface area (TPSA) is 70.3 Å². The number of rotatable bonds is 6. The predicted molar refractivity (Wildman–Crippen MR) is 120 cm³/mol. The molecule has 4 nitrogen and oxygen atoms in total. The Hall–Kier alpha value is -2.88. The molecule has 0 aliphatic carbocycles. The van der Waals surface area contributed by atoms with E-state index in [1.165, 1.54) is 0 Å². The van der Waals surface area contributed by atoms with E-state index in [1.807, 2.05) is 42.5 Å². The van der Waals surface area contributed by atoms with Crippen molar-refractivity contribution in [2.75, 3.05) is 0 Å². The van der Waals surface area contributed by atoms with Crippen molar-refractivity contribution < 1.29 is 14.6 Å². The minimum atomic E-state index is -0.963. The van der Waals surface area contributed by atoms with Crippen LogP contribution in [0.4, 0.5) is 0 Å². The maximum atomic E-state index is 11.0. The molecule has 0 spiro atoms. The molecule has 0 aliphatic rings. The molecule has 6 heteroatoms. The number of allylic oxidation sites excluding steroid dienone is 1. The second-order valence-corrected chi connectivity index (χ2v) is 7.98. The Balaban J connectivity index is 1.86. The van der Waals surface area contributed by atoms with E-state index in [0.29, 0.717) is 11.3 Å². The zero-order chi connectivity index (χ0) is 20.8. The molecular weight excluding hydrogens is 498 g/mol. The van der Waals surface area contributed by atoms with E-state index in [-0.39, 0.29) is 12.2 Å². The fourth-order valence-electron chi connectivity index (χ4n) is 2.63. The lowest BCUT2D eigenvalue weighted by Crippen LogP contribution is -2.00. The van der Waals surface area contributed by atoms with Crippen molar-refractivity contribution in [3.63, 3.8) is 0 Å². The van der Waals surface area contributed by atoms with Crippen LogP contribution in [0.3, 0.4) is 0 Å². The average Bonchev–Trinajstić information content (AvgIpc) is 2.72. The summed E-state index contributed by atoms with van der Waals surface area (Å²) in [6, 6.07) is 21.9. The van der Waals surface area contributed by atoms with Crippen LogP contribution in [0.25, 0.3) is 11.6 Å². The van der Waals surface area contributed by atoms with Gasteiger partial charge >= 0.3 is 5.97 Å². The SMILES string of the molecule is N#C/C(=C\c1cc(Br)ccc1OCc1ccc(C(=O)O)cc1)c1ccc(Br)cc1. The van der Waals surface area contributed by atoms with E-state index < -0.39 is 5.97 Å². The van der Waals surface area contributed by atoms with Crippen LogP contribution in [0.15, 0.2) is 75.7 Å². The molecule has 1 N–H and O–H groups in total. The largest absolute Gasteiger partial charge is 0.488 e. The Morgan fingerprint density at radius 3 is 2.21 bits per heavy atom. The van der Waals surface area contributed by atoms with Gasteiger partial charge in [0, 0.05) is 14.5 Å². The van der Waals surface area contributed by atoms with Crippen molar-refractivity contribution >= 4 is 49.5 Å². The fraction of sp³-hybridized carbons (Fsp3) is 0.0435. The Bertz CT molecular complexity index is 1100. The molecule has 0 bridgehead atoms. The third kappa shape index (κ3) is 5.57. The Morgan fingerprint density at radius 1 is 0.966 bits per heavy atom. The zero-order valence-corrected chi connectivity index (χ0v) is 18.3. The van der Waals surface area contributed by atoms with Gasteiger partial charge in [0.2, 0.25) is 0 Å². The summed E-state index contributed by atoms with van der Waals surface area (Å²) in [5.74, 6) is -0.338. The van der Waals surface area contributed by atoms with Crippen LogP contribution in [-0.4, -0.2) is 11.1 Å². The third-order valence-corrected chi connectivity index (χ3v) is 5.16. The molecule has 0 fully saturated rings. The lowest BCUT2D eigenvalue weighted by atomic mass is 10.0. The first kappa shape index (κ1) is 20.8. The number of nitriles is 1. The maximum Gasteiger partial charge on any atom is 0.335 e. The second-order valence-electron chi connectivity index (χ2n) is 6.15. The molecule has 0 heterocycles. The number of ether oxygens (including phenoxy) is 1. The highest BCUT2D eigenvalue weighted by Gasteiger charge is 2.08. The average molecular weight is 513 g/mol. The van der Waals surface area contributed by atoms with E-state index in [0.717, 1.165) is 25.6 Å². The van der Waals surface area contributed by atoms with Crippen LogP contribution in [0.5, 0.6) is 5.75 Å². The summed E-state index contributed by atoms with van der Waals surface area (Å²) in [7, 11) is 0. The molecule has 0 saturated carbocycles. The van der Waals surface area contributed by atoms with Crippen LogP contribution in [0.2, 0.25) is 0 Å². The van der Waals surface area contributed by atoms with Gasteiger partial charge in [0.05, 0.1) is 17.2 Å². The first-order chi connectivity index (χ1) is 14.0. The highest BCUT2D eigenvalue weighted by Crippen LogP contribution is 2.29. The minimum absolute atomic E-state index is 0.231. The number of nitrogens with zero attached hydrogens (tertiary/aromatic N) is 1. The molecule has 3 rings (SSSR count). The molecule has 0 radical (unpaired) electrons. The summed E-state index contributed by atoms with van der Waals surface area (Å²) in [6.45, 7) is 0.280. The summed E-state index contributed by atoms with van der Waals surface area (Å²) in [5.41, 5.74) is 3.17. The molecule has 144 valence electrons. The maximum absolute atomic E-state index is 11.0. The van der Waals surface area contributed by atoms with Crippen LogP contribution in [-0.2, 0) is 6.61 Å². The number of halogens is 2. The van der Waals surface area contributed by atoms with E-state index in [4.69, 9.17) is 9.84 Å². The van der Waals surface area contributed by atoms with Gasteiger partial charge in [-0.15, -0.1) is 0 Å². The van der Waals surface area contributed by atoms with Gasteiger partial charge < -0.3 is 9.84 Å². The molecule has 0 saturated heterocycles. The highest BCUT2D eigenvalue weighted by atomic mass is 79.9. The number of benzene rings is 3. The second kappa shape index (κ2) is 9.55. The van der Waals surface area contributed by atoms with Crippen molar-refractivity contribution in [2.45, 2.75) is 6.61 Å². The van der Waals surface area contributed by atoms with Gasteiger partial charge in [-0.2, -0.15) is 5.26 Å². The first-order valence-corrected chi connectivity index (χ1v) is 10.2. The number of aromatic carboxylic acids is 1. The minimum Gasteiger partial charge on any atom is -0.488 e. The predicted octanol–water partition coefficient (Wildman–Crippen LogP) is 6.55. The quantitative estimate of drug-likeness (QED) is 0.300. The smallest absolute Gasteiger partial charge is 0.335 e. The van der Waals surface area contributed by atoms with Crippen molar-refractivity contribution in [3.05, 3.63) is 97.9 Å². The molecule has 0 amide bonds. The molecule has 0 aromatic heterocycles. The first-order valence-electron chi connectivity index (χ1n) is 8.58. The van der Waals surface area contributed by atoms with E-state index in [9.17, 15) is 10.1 Å². The normalized spacial score (nSPS) is 11.0. The van der Waals surface area contributed by atoms with Crippen molar-refractivity contribution in [1.82, 2.24) is 0 Å². The molecular formula is C23H15Br2NO3. The molecule has 0 aliphatic heterocycles. The summed E-state index contributed by atoms with van der Waals surface area (Å²) in [6.07, 6.45) is 1.79. The van der Waals surface area contributed by atoms with Gasteiger partial charge in [-0.05, 0) is 59.7 Å². The van der Waals surface area contributed by atoms with E-state index in [1.54, 1.807) is 30.3 Å². The molecule has 0 atom stereocenters. The van der Waals surface area contributed by atoms with Gasteiger partial charge in [-0.1, -0.05) is 56.1 Å².